The Balaban J connectivity index is 1.07. The van der Waals surface area contributed by atoms with E-state index in [0.717, 1.165) is 95.0 Å². The van der Waals surface area contributed by atoms with Gasteiger partial charge in [-0.25, -0.2) is 0 Å². The van der Waals surface area contributed by atoms with E-state index in [0.29, 0.717) is 31.8 Å². The van der Waals surface area contributed by atoms with Crippen molar-refractivity contribution in [2.45, 2.75) is 205 Å². The molecule has 10 aliphatic carbocycles. The summed E-state index contributed by atoms with van der Waals surface area (Å²) in [6, 6.07) is 20.7. The van der Waals surface area contributed by atoms with E-state index in [1.807, 2.05) is 0 Å². The van der Waals surface area contributed by atoms with Crippen LogP contribution in [0, 0.1) is 84.8 Å². The van der Waals surface area contributed by atoms with E-state index in [4.69, 9.17) is 9.47 Å². The molecule has 396 valence electrons. The Morgan fingerprint density at radius 1 is 0.865 bits per heavy atom. The van der Waals surface area contributed by atoms with E-state index in [1.165, 1.54) is 66.0 Å². The summed E-state index contributed by atoms with van der Waals surface area (Å²) in [7, 11) is 1.75. The average Bonchev–Trinajstić information content (AvgIpc) is 4.09. The number of fused-ring (bicyclic) bond motifs is 4. The van der Waals surface area contributed by atoms with Crippen molar-refractivity contribution < 1.29 is 34.7 Å². The van der Waals surface area contributed by atoms with Gasteiger partial charge in [-0.15, -0.1) is 5.92 Å². The summed E-state index contributed by atoms with van der Waals surface area (Å²) < 4.78 is 12.8. The Hall–Kier alpha value is -3.25. The highest BCUT2D eigenvalue weighted by Gasteiger charge is 2.93. The fourth-order valence-corrected chi connectivity index (χ4v) is 24.2. The summed E-state index contributed by atoms with van der Waals surface area (Å²) in [6.07, 6.45) is 20.3. The molecule has 1 saturated heterocycles. The number of carboxylic acids is 1. The topological polar surface area (TPSA) is 116 Å². The molecule has 7 bridgehead atoms. The molecule has 17 atom stereocenters. The molecule has 7 nitrogen and oxygen atoms in total. The quantitative estimate of drug-likeness (QED) is 0.134. The fraction of sp³-hybridized carbons (Fsp3) is 0.716. The average molecular weight is 1000 g/mol. The largest absolute Gasteiger partial charge is 0.481 e. The van der Waals surface area contributed by atoms with Gasteiger partial charge in [0.2, 0.25) is 0 Å². The number of rotatable bonds is 12. The first-order valence-corrected chi connectivity index (χ1v) is 30.1. The monoisotopic (exact) mass is 1000 g/mol. The molecule has 0 radical (unpaired) electrons. The van der Waals surface area contributed by atoms with Gasteiger partial charge in [-0.1, -0.05) is 120 Å². The van der Waals surface area contributed by atoms with Gasteiger partial charge in [-0.05, 0) is 188 Å². The van der Waals surface area contributed by atoms with E-state index in [2.05, 4.69) is 94.1 Å². The maximum absolute atomic E-state index is 14.5. The molecular formula is C67H86O7. The van der Waals surface area contributed by atoms with Gasteiger partial charge in [0.05, 0.1) is 30.8 Å². The van der Waals surface area contributed by atoms with Crippen LogP contribution in [0.15, 0.2) is 54.6 Å². The van der Waals surface area contributed by atoms with Crippen molar-refractivity contribution in [3.63, 3.8) is 0 Å². The molecule has 5 spiro atoms. The number of aliphatic hydroxyl groups excluding tert-OH is 2. The Bertz CT molecular complexity index is 2860. The summed E-state index contributed by atoms with van der Waals surface area (Å²) in [4.78, 5) is 14.5. The Morgan fingerprint density at radius 2 is 1.64 bits per heavy atom. The zero-order chi connectivity index (χ0) is 51.1. The molecule has 7 saturated carbocycles. The Kier molecular flexibility index (Phi) is 10.7. The number of ether oxygens (including phenoxy) is 2. The molecule has 4 N–H and O–H groups in total. The van der Waals surface area contributed by atoms with Crippen LogP contribution in [0.4, 0.5) is 0 Å². The van der Waals surface area contributed by atoms with Crippen LogP contribution in [0.25, 0.3) is 10.8 Å². The fourth-order valence-electron chi connectivity index (χ4n) is 24.2. The number of methoxy groups -OCH3 is 1. The zero-order valence-electron chi connectivity index (χ0n) is 45.5. The van der Waals surface area contributed by atoms with Crippen LogP contribution in [0.1, 0.15) is 190 Å². The van der Waals surface area contributed by atoms with E-state index in [-0.39, 0.29) is 58.4 Å². The molecule has 3 aromatic carbocycles. The molecule has 11 aliphatic rings. The van der Waals surface area contributed by atoms with Gasteiger partial charge in [0.25, 0.3) is 0 Å². The van der Waals surface area contributed by atoms with Crippen LogP contribution in [-0.4, -0.2) is 64.7 Å². The van der Waals surface area contributed by atoms with Crippen LogP contribution < -0.4 is 0 Å². The van der Waals surface area contributed by atoms with Crippen molar-refractivity contribution in [1.29, 1.82) is 0 Å². The molecule has 1 aliphatic heterocycles. The third-order valence-corrected chi connectivity index (χ3v) is 26.7. The summed E-state index contributed by atoms with van der Waals surface area (Å²) in [5.41, 5.74) is 1.56. The molecule has 0 aromatic heterocycles. The molecule has 74 heavy (non-hydrogen) atoms. The van der Waals surface area contributed by atoms with Crippen LogP contribution >= 0.6 is 0 Å². The number of carbonyl (C=O) groups is 1. The first-order valence-electron chi connectivity index (χ1n) is 30.1. The minimum absolute atomic E-state index is 0.0389. The highest BCUT2D eigenvalue weighted by Crippen LogP contribution is 2.95. The molecule has 0 unspecified atom stereocenters. The van der Waals surface area contributed by atoms with E-state index >= 15 is 0 Å². The van der Waals surface area contributed by atoms with Gasteiger partial charge < -0.3 is 29.9 Å². The number of aliphatic carboxylic acids is 1. The van der Waals surface area contributed by atoms with Gasteiger partial charge in [0, 0.05) is 52.9 Å². The van der Waals surface area contributed by atoms with Gasteiger partial charge in [0.1, 0.15) is 0 Å². The lowest BCUT2D eigenvalue weighted by atomic mass is 9.13. The molecule has 14 rings (SSSR count). The second-order valence-electron chi connectivity index (χ2n) is 28.5. The van der Waals surface area contributed by atoms with Crippen LogP contribution in [0.3, 0.4) is 0 Å². The van der Waals surface area contributed by atoms with Crippen molar-refractivity contribution in [2.75, 3.05) is 20.3 Å². The van der Waals surface area contributed by atoms with Crippen molar-refractivity contribution in [3.05, 3.63) is 82.4 Å². The van der Waals surface area contributed by atoms with Gasteiger partial charge in [0.15, 0.2) is 5.79 Å². The van der Waals surface area contributed by atoms with Crippen molar-refractivity contribution in [1.82, 2.24) is 0 Å². The number of aliphatic hydroxyl groups is 3. The smallest absolute Gasteiger partial charge is 0.309 e. The maximum atomic E-state index is 14.5. The first-order chi connectivity index (χ1) is 35.6. The SMILES string of the molecule is CCC[C@@H]1[C@@]23CC[C@@]45C#CC[C@H](CCC6CCCC6)CC[C@@]67[C@@H]8[C@H]([C@H]9C[C@@]6%10C[C@@]4(Cc4ccc6cccc9c6c4%10)[C@]2(CO)[C@@H](O)C[C@]1(O)O[C@H]3Cc1ccc(CCOC)cc1)[C@](C)(C(=O)O)CC[C@]8(C)CC[C@]57C. The highest BCUT2D eigenvalue weighted by molar-refractivity contribution is 5.94. The number of benzene rings is 3. The molecule has 7 heteroatoms. The molecule has 8 fully saturated rings. The van der Waals surface area contributed by atoms with Crippen LogP contribution in [0.2, 0.25) is 0 Å². The van der Waals surface area contributed by atoms with Crippen molar-refractivity contribution >= 4 is 16.7 Å². The van der Waals surface area contributed by atoms with E-state index in [9.17, 15) is 25.2 Å². The predicted molar refractivity (Wildman–Crippen MR) is 288 cm³/mol. The lowest BCUT2D eigenvalue weighted by Crippen LogP contribution is -2.87. The minimum atomic E-state index is -1.53. The first kappa shape index (κ1) is 49.1. The Morgan fingerprint density at radius 3 is 2.39 bits per heavy atom. The highest BCUT2D eigenvalue weighted by atomic mass is 16.6. The van der Waals surface area contributed by atoms with Gasteiger partial charge >= 0.3 is 5.97 Å². The van der Waals surface area contributed by atoms with Crippen LogP contribution in [0.5, 0.6) is 0 Å². The minimum Gasteiger partial charge on any atom is -0.481 e. The van der Waals surface area contributed by atoms with Crippen molar-refractivity contribution in [3.8, 4) is 11.8 Å². The summed E-state index contributed by atoms with van der Waals surface area (Å²) in [5.74, 6) is 7.74. The normalized spacial score (nSPS) is 47.7. The van der Waals surface area contributed by atoms with E-state index < -0.39 is 51.0 Å². The van der Waals surface area contributed by atoms with E-state index in [1.54, 1.807) is 12.7 Å². The maximum Gasteiger partial charge on any atom is 0.309 e. The zero-order valence-corrected chi connectivity index (χ0v) is 45.5. The second-order valence-corrected chi connectivity index (χ2v) is 28.5. The van der Waals surface area contributed by atoms with Crippen LogP contribution in [-0.2, 0) is 38.9 Å². The third kappa shape index (κ3) is 5.49. The lowest BCUT2D eigenvalue weighted by molar-refractivity contribution is -0.395. The molecular weight excluding hydrogens is 917 g/mol. The van der Waals surface area contributed by atoms with Crippen molar-refractivity contribution in [2.24, 2.45) is 72.9 Å². The molecule has 3 aromatic rings. The third-order valence-electron chi connectivity index (χ3n) is 26.7. The standard InChI is InChI=1S/C67H86O7/c1-6-11-50-64-34-33-62-27-10-14-43(18-17-42-12-7-8-13-42)25-28-65-56-55(59(3,57(70)71)31-29-58(56,2)30-32-60(62,65)4)49-38-61(65)40-63(62,37-47-24-23-46-15-9-16-48(49)53(46)54(47)61)66(64,41-68)51(69)39-67(50,72)74-52(64)36-45-21-19-44(20-22-45)26-35-73-5/h9,15-16,19-24,42-43,49-52,55-56,68-69,72H,6-8,11-14,17-18,25-26,28-41H2,1-5H3,(H,70,71)/t43-,49+,50-,51+,52+,55+,56-,58-,59-,60-,61+,62-,63-,64-,65+,66+,67+/m1/s1. The number of carboxylic acid groups (broad SMARTS) is 1. The molecule has 0 amide bonds. The summed E-state index contributed by atoms with van der Waals surface area (Å²) in [5, 5.41) is 55.4. The van der Waals surface area contributed by atoms with Gasteiger partial charge in [-0.2, -0.15) is 0 Å². The molecule has 1 heterocycles. The Labute approximate surface area is 441 Å². The number of hydrogen-bond acceptors (Lipinski definition) is 6. The second kappa shape index (κ2) is 16.2. The summed E-state index contributed by atoms with van der Waals surface area (Å²) >= 11 is 0. The lowest BCUT2D eigenvalue weighted by Gasteiger charge is -2.89. The summed E-state index contributed by atoms with van der Waals surface area (Å²) in [6.45, 7) is 10.2. The number of hydrogen-bond donors (Lipinski definition) is 4. The van der Waals surface area contributed by atoms with Gasteiger partial charge in [-0.3, -0.25) is 4.79 Å². The predicted octanol–water partition coefficient (Wildman–Crippen LogP) is 12.7.